The first kappa shape index (κ1) is 26.4. The van der Waals surface area contributed by atoms with Crippen molar-refractivity contribution in [2.24, 2.45) is 10.9 Å². The lowest BCUT2D eigenvalue weighted by Gasteiger charge is -2.38. The van der Waals surface area contributed by atoms with Gasteiger partial charge in [0.2, 0.25) is 5.91 Å². The number of rotatable bonds is 7. The van der Waals surface area contributed by atoms with E-state index in [1.165, 1.54) is 11.3 Å². The third kappa shape index (κ3) is 8.56. The molecule has 0 bridgehead atoms. The average molecular weight is 560 g/mol. The standard InChI is InChI=1S/C20H35F3N6O.HI/c1-2-24-19(26-17-6-8-28(14-17)15-20(21,22)23)25-7-9-27-10-12-29(13-11-27)18(30)16-4-3-5-16;/h16-17H,2-15H2,1H3,(H2,24,25,26);1H. The van der Waals surface area contributed by atoms with Gasteiger partial charge >= 0.3 is 6.18 Å². The molecular formula is C20H36F3IN6O. The Balaban J connectivity index is 0.00000341. The van der Waals surface area contributed by atoms with Crippen LogP contribution in [0.3, 0.4) is 0 Å². The van der Waals surface area contributed by atoms with Crippen molar-refractivity contribution in [1.29, 1.82) is 0 Å². The molecule has 31 heavy (non-hydrogen) atoms. The summed E-state index contributed by atoms with van der Waals surface area (Å²) in [7, 11) is 0. The van der Waals surface area contributed by atoms with Crippen LogP contribution in [-0.2, 0) is 4.79 Å². The maximum atomic E-state index is 12.6. The number of carbonyl (C=O) groups excluding carboxylic acids is 1. The second-order valence-electron chi connectivity index (χ2n) is 8.54. The second-order valence-corrected chi connectivity index (χ2v) is 8.54. The molecule has 1 saturated carbocycles. The van der Waals surface area contributed by atoms with Crippen LogP contribution in [-0.4, -0.2) is 104 Å². The van der Waals surface area contributed by atoms with Gasteiger partial charge in [-0.05, 0) is 26.2 Å². The molecule has 2 aliphatic heterocycles. The van der Waals surface area contributed by atoms with Crippen LogP contribution in [0.2, 0.25) is 0 Å². The predicted octanol–water partition coefficient (Wildman–Crippen LogP) is 1.74. The second kappa shape index (κ2) is 12.4. The largest absolute Gasteiger partial charge is 0.401 e. The molecule has 11 heteroatoms. The molecule has 1 atom stereocenters. The van der Waals surface area contributed by atoms with Crippen LogP contribution in [0.4, 0.5) is 13.2 Å². The maximum Gasteiger partial charge on any atom is 0.401 e. The summed E-state index contributed by atoms with van der Waals surface area (Å²) in [4.78, 5) is 22.7. The Hall–Kier alpha value is -0.820. The third-order valence-corrected chi connectivity index (χ3v) is 6.18. The van der Waals surface area contributed by atoms with Crippen LogP contribution in [0.5, 0.6) is 0 Å². The Kier molecular flexibility index (Phi) is 10.6. The molecule has 0 aromatic rings. The van der Waals surface area contributed by atoms with Crippen LogP contribution < -0.4 is 10.6 Å². The minimum atomic E-state index is -4.15. The highest BCUT2D eigenvalue weighted by Crippen LogP contribution is 2.28. The molecule has 2 saturated heterocycles. The summed E-state index contributed by atoms with van der Waals surface area (Å²) in [5.74, 6) is 1.25. The van der Waals surface area contributed by atoms with Crippen molar-refractivity contribution in [3.8, 4) is 0 Å². The average Bonchev–Trinajstić information content (AvgIpc) is 3.06. The van der Waals surface area contributed by atoms with E-state index in [0.29, 0.717) is 44.5 Å². The van der Waals surface area contributed by atoms with Crippen molar-refractivity contribution < 1.29 is 18.0 Å². The fourth-order valence-corrected chi connectivity index (χ4v) is 4.27. The summed E-state index contributed by atoms with van der Waals surface area (Å²) < 4.78 is 37.7. The van der Waals surface area contributed by atoms with E-state index in [9.17, 15) is 18.0 Å². The molecule has 0 aromatic carbocycles. The van der Waals surface area contributed by atoms with E-state index in [-0.39, 0.29) is 35.9 Å². The summed E-state index contributed by atoms with van der Waals surface area (Å²) in [6, 6.07) is -0.0220. The van der Waals surface area contributed by atoms with Crippen LogP contribution in [0.1, 0.15) is 32.6 Å². The van der Waals surface area contributed by atoms with Crippen LogP contribution >= 0.6 is 24.0 Å². The van der Waals surface area contributed by atoms with Gasteiger partial charge in [0.25, 0.3) is 0 Å². The van der Waals surface area contributed by atoms with E-state index in [4.69, 9.17) is 0 Å². The van der Waals surface area contributed by atoms with E-state index in [2.05, 4.69) is 20.5 Å². The highest BCUT2D eigenvalue weighted by Gasteiger charge is 2.34. The number of carbonyl (C=O) groups is 1. The third-order valence-electron chi connectivity index (χ3n) is 6.18. The molecule has 180 valence electrons. The molecule has 1 aliphatic carbocycles. The number of hydrogen-bond acceptors (Lipinski definition) is 4. The molecule has 0 aromatic heterocycles. The molecule has 2 N–H and O–H groups in total. The number of amides is 1. The summed E-state index contributed by atoms with van der Waals surface area (Å²) in [5, 5.41) is 6.46. The van der Waals surface area contributed by atoms with E-state index < -0.39 is 12.7 Å². The number of nitrogens with zero attached hydrogens (tertiary/aromatic N) is 4. The van der Waals surface area contributed by atoms with Crippen molar-refractivity contribution in [3.05, 3.63) is 0 Å². The first-order chi connectivity index (χ1) is 14.3. The van der Waals surface area contributed by atoms with Gasteiger partial charge in [0.05, 0.1) is 13.1 Å². The molecule has 1 amide bonds. The molecule has 7 nitrogen and oxygen atoms in total. The molecular weight excluding hydrogens is 524 g/mol. The van der Waals surface area contributed by atoms with Gasteiger partial charge in [0, 0.05) is 64.3 Å². The van der Waals surface area contributed by atoms with Crippen molar-refractivity contribution in [1.82, 2.24) is 25.3 Å². The van der Waals surface area contributed by atoms with Gasteiger partial charge in [0.1, 0.15) is 0 Å². The van der Waals surface area contributed by atoms with Crippen molar-refractivity contribution in [3.63, 3.8) is 0 Å². The summed E-state index contributed by atoms with van der Waals surface area (Å²) in [5.41, 5.74) is 0. The SMILES string of the molecule is CCNC(=NCCN1CCN(C(=O)C2CCC2)CC1)NC1CCN(CC(F)(F)F)C1.I. The van der Waals surface area contributed by atoms with Gasteiger partial charge < -0.3 is 15.5 Å². The maximum absolute atomic E-state index is 12.6. The van der Waals surface area contributed by atoms with E-state index >= 15 is 0 Å². The molecule has 0 radical (unpaired) electrons. The lowest BCUT2D eigenvalue weighted by molar-refractivity contribution is -0.143. The lowest BCUT2D eigenvalue weighted by Crippen LogP contribution is -2.51. The monoisotopic (exact) mass is 560 g/mol. The normalized spacial score (nSPS) is 23.9. The first-order valence-corrected chi connectivity index (χ1v) is 11.2. The number of alkyl halides is 3. The number of guanidine groups is 1. The number of likely N-dealkylation sites (tertiary alicyclic amines) is 1. The molecule has 3 aliphatic rings. The van der Waals surface area contributed by atoms with Crippen molar-refractivity contribution in [2.75, 3.05) is 65.4 Å². The Morgan fingerprint density at radius 2 is 1.77 bits per heavy atom. The van der Waals surface area contributed by atoms with Gasteiger partial charge in [0.15, 0.2) is 5.96 Å². The zero-order valence-electron chi connectivity index (χ0n) is 18.3. The first-order valence-electron chi connectivity index (χ1n) is 11.2. The number of hydrogen-bond donors (Lipinski definition) is 2. The van der Waals surface area contributed by atoms with E-state index in [0.717, 1.165) is 45.6 Å². The minimum absolute atomic E-state index is 0. The number of nitrogens with one attached hydrogen (secondary N) is 2. The van der Waals surface area contributed by atoms with Gasteiger partial charge in [-0.25, -0.2) is 0 Å². The number of aliphatic imine (C=N–C) groups is 1. The van der Waals surface area contributed by atoms with Gasteiger partial charge in [-0.1, -0.05) is 6.42 Å². The van der Waals surface area contributed by atoms with Gasteiger partial charge in [-0.2, -0.15) is 13.2 Å². The topological polar surface area (TPSA) is 63.2 Å². The van der Waals surface area contributed by atoms with Crippen LogP contribution in [0.25, 0.3) is 0 Å². The molecule has 3 rings (SSSR count). The van der Waals surface area contributed by atoms with Crippen LogP contribution in [0.15, 0.2) is 4.99 Å². The highest BCUT2D eigenvalue weighted by molar-refractivity contribution is 14.0. The van der Waals surface area contributed by atoms with Crippen LogP contribution in [0, 0.1) is 5.92 Å². The smallest absolute Gasteiger partial charge is 0.357 e. The number of piperazine rings is 1. The predicted molar refractivity (Wildman–Crippen MR) is 126 cm³/mol. The summed E-state index contributed by atoms with van der Waals surface area (Å²) >= 11 is 0. The molecule has 2 heterocycles. The fraction of sp³-hybridized carbons (Fsp3) is 0.900. The Labute approximate surface area is 200 Å². The molecule has 1 unspecified atom stereocenters. The zero-order chi connectivity index (χ0) is 21.6. The van der Waals surface area contributed by atoms with Gasteiger partial charge in [-0.3, -0.25) is 19.6 Å². The van der Waals surface area contributed by atoms with E-state index in [1.807, 2.05) is 11.8 Å². The molecule has 3 fully saturated rings. The minimum Gasteiger partial charge on any atom is -0.357 e. The molecule has 0 spiro atoms. The quantitative estimate of drug-likeness (QED) is 0.283. The highest BCUT2D eigenvalue weighted by atomic mass is 127. The summed E-state index contributed by atoms with van der Waals surface area (Å²) in [6.07, 6.45) is -0.207. The Morgan fingerprint density at radius 3 is 2.35 bits per heavy atom. The zero-order valence-corrected chi connectivity index (χ0v) is 20.6. The fourth-order valence-electron chi connectivity index (χ4n) is 4.27. The Morgan fingerprint density at radius 1 is 1.06 bits per heavy atom. The lowest BCUT2D eigenvalue weighted by atomic mass is 9.84. The van der Waals surface area contributed by atoms with Crippen molar-refractivity contribution in [2.45, 2.75) is 44.8 Å². The van der Waals surface area contributed by atoms with E-state index in [1.54, 1.807) is 0 Å². The number of halogens is 4. The van der Waals surface area contributed by atoms with Crippen molar-refractivity contribution >= 4 is 35.8 Å². The van der Waals surface area contributed by atoms with Gasteiger partial charge in [-0.15, -0.1) is 24.0 Å². The summed E-state index contributed by atoms with van der Waals surface area (Å²) in [6.45, 7) is 7.38. The Bertz CT molecular complexity index is 594.